The number of ether oxygens (including phenoxy) is 2. The second kappa shape index (κ2) is 5.99. The van der Waals surface area contributed by atoms with E-state index in [4.69, 9.17) is 9.47 Å². The Morgan fingerprint density at radius 3 is 2.83 bits per heavy atom. The van der Waals surface area contributed by atoms with Crippen LogP contribution in [-0.2, 0) is 9.53 Å². The molecule has 0 saturated carbocycles. The van der Waals surface area contributed by atoms with Gasteiger partial charge in [-0.15, -0.1) is 0 Å². The van der Waals surface area contributed by atoms with Crippen LogP contribution >= 0.6 is 15.9 Å². The molecule has 1 N–H and O–H groups in total. The van der Waals surface area contributed by atoms with Crippen molar-refractivity contribution in [3.05, 3.63) is 39.5 Å². The molecular weight excluding hydrogens is 366 g/mol. The van der Waals surface area contributed by atoms with Gasteiger partial charge in [0, 0.05) is 5.70 Å². The van der Waals surface area contributed by atoms with Gasteiger partial charge in [-0.3, -0.25) is 0 Å². The van der Waals surface area contributed by atoms with E-state index in [2.05, 4.69) is 36.8 Å². The van der Waals surface area contributed by atoms with Gasteiger partial charge in [-0.25, -0.2) is 4.79 Å². The molecule has 120 valence electrons. The lowest BCUT2D eigenvalue weighted by Gasteiger charge is -2.27. The molecule has 2 heterocycles. The maximum Gasteiger partial charge on any atom is 0.338 e. The largest absolute Gasteiger partial charge is 0.496 e. The van der Waals surface area contributed by atoms with Crippen LogP contribution in [0.3, 0.4) is 0 Å². The standard InChI is InChI=1S/C14H14BrN5O3/c1-7-11(13(21)23-3)12(20-14(16-7)17-18-19-20)8-4-5-10(22-2)9(15)6-8/h4-6,12H,1-3H3,(H,16,17,19)/t12-/m1/s1. The second-order valence-corrected chi connectivity index (χ2v) is 5.75. The Bertz CT molecular complexity index is 801. The maximum atomic E-state index is 12.3. The number of halogens is 1. The number of carbonyl (C=O) groups is 1. The average Bonchev–Trinajstić information content (AvgIpc) is 3.00. The van der Waals surface area contributed by atoms with E-state index in [1.807, 2.05) is 18.2 Å². The molecule has 0 amide bonds. The van der Waals surface area contributed by atoms with Gasteiger partial charge in [0.05, 0.1) is 24.3 Å². The monoisotopic (exact) mass is 379 g/mol. The van der Waals surface area contributed by atoms with Crippen LogP contribution in [0.2, 0.25) is 0 Å². The van der Waals surface area contributed by atoms with Crippen molar-refractivity contribution < 1.29 is 14.3 Å². The molecule has 0 unspecified atom stereocenters. The predicted octanol–water partition coefficient (Wildman–Crippen LogP) is 1.91. The van der Waals surface area contributed by atoms with Gasteiger partial charge in [0.15, 0.2) is 0 Å². The van der Waals surface area contributed by atoms with Crippen LogP contribution in [0.4, 0.5) is 5.95 Å². The summed E-state index contributed by atoms with van der Waals surface area (Å²) in [7, 11) is 2.94. The molecular formula is C14H14BrN5O3. The van der Waals surface area contributed by atoms with E-state index in [-0.39, 0.29) is 0 Å². The topological polar surface area (TPSA) is 91.2 Å². The smallest absolute Gasteiger partial charge is 0.338 e. The first-order valence-corrected chi connectivity index (χ1v) is 7.53. The molecule has 9 heteroatoms. The summed E-state index contributed by atoms with van der Waals surface area (Å²) >= 11 is 3.46. The van der Waals surface area contributed by atoms with Crippen LogP contribution in [0.5, 0.6) is 5.75 Å². The number of carbonyl (C=O) groups excluding carboxylic acids is 1. The Morgan fingerprint density at radius 2 is 2.17 bits per heavy atom. The van der Waals surface area contributed by atoms with Crippen molar-refractivity contribution in [2.75, 3.05) is 19.5 Å². The molecule has 0 aliphatic carbocycles. The van der Waals surface area contributed by atoms with Crippen molar-refractivity contribution >= 4 is 27.8 Å². The normalized spacial score (nSPS) is 16.6. The number of hydrogen-bond donors (Lipinski definition) is 1. The quantitative estimate of drug-likeness (QED) is 0.814. The van der Waals surface area contributed by atoms with Gasteiger partial charge in [-0.1, -0.05) is 11.2 Å². The number of nitrogens with one attached hydrogen (secondary N) is 1. The number of anilines is 1. The minimum atomic E-state index is -0.490. The van der Waals surface area contributed by atoms with E-state index < -0.39 is 12.0 Å². The molecule has 23 heavy (non-hydrogen) atoms. The molecule has 1 aromatic carbocycles. The molecule has 2 aromatic rings. The Kier molecular flexibility index (Phi) is 4.03. The molecule has 8 nitrogen and oxygen atoms in total. The zero-order valence-electron chi connectivity index (χ0n) is 12.7. The molecule has 1 aromatic heterocycles. The number of fused-ring (bicyclic) bond motifs is 1. The van der Waals surface area contributed by atoms with Gasteiger partial charge < -0.3 is 14.8 Å². The predicted molar refractivity (Wildman–Crippen MR) is 85.0 cm³/mol. The number of rotatable bonds is 3. The van der Waals surface area contributed by atoms with Gasteiger partial charge in [-0.2, -0.15) is 4.68 Å². The fourth-order valence-corrected chi connectivity index (χ4v) is 3.11. The third kappa shape index (κ3) is 2.56. The Hall–Kier alpha value is -2.42. The fourth-order valence-electron chi connectivity index (χ4n) is 2.55. The highest BCUT2D eigenvalue weighted by atomic mass is 79.9. The number of nitrogens with zero attached hydrogens (tertiary/aromatic N) is 4. The summed E-state index contributed by atoms with van der Waals surface area (Å²) in [6.07, 6.45) is 0. The van der Waals surface area contributed by atoms with Gasteiger partial charge in [0.2, 0.25) is 5.95 Å². The van der Waals surface area contributed by atoms with Crippen molar-refractivity contribution in [2.24, 2.45) is 0 Å². The Morgan fingerprint density at radius 1 is 1.39 bits per heavy atom. The van der Waals surface area contributed by atoms with Crippen LogP contribution in [0.15, 0.2) is 33.9 Å². The van der Waals surface area contributed by atoms with Crippen molar-refractivity contribution in [1.29, 1.82) is 0 Å². The lowest BCUT2D eigenvalue weighted by molar-refractivity contribution is -0.136. The third-order valence-corrected chi connectivity index (χ3v) is 4.23. The summed E-state index contributed by atoms with van der Waals surface area (Å²) in [6.45, 7) is 1.79. The van der Waals surface area contributed by atoms with Gasteiger partial charge in [0.25, 0.3) is 0 Å². The summed E-state index contributed by atoms with van der Waals surface area (Å²) in [5.41, 5.74) is 1.92. The SMILES string of the molecule is COC(=O)C1=C(C)Nc2nnnn2[C@@H]1c1ccc(OC)c(Br)c1. The molecule has 1 aliphatic rings. The Labute approximate surface area is 140 Å². The number of allylic oxidation sites excluding steroid dienone is 1. The average molecular weight is 380 g/mol. The van der Waals surface area contributed by atoms with Crippen LogP contribution in [0.25, 0.3) is 0 Å². The first-order valence-electron chi connectivity index (χ1n) is 6.74. The number of methoxy groups -OCH3 is 2. The molecule has 0 saturated heterocycles. The van der Waals surface area contributed by atoms with Crippen molar-refractivity contribution in [3.63, 3.8) is 0 Å². The summed E-state index contributed by atoms with van der Waals surface area (Å²) in [4.78, 5) is 12.3. The number of benzene rings is 1. The van der Waals surface area contributed by atoms with Gasteiger partial charge in [0.1, 0.15) is 11.8 Å². The highest BCUT2D eigenvalue weighted by Gasteiger charge is 2.34. The van der Waals surface area contributed by atoms with Crippen LogP contribution < -0.4 is 10.1 Å². The van der Waals surface area contributed by atoms with Crippen LogP contribution in [0, 0.1) is 0 Å². The maximum absolute atomic E-state index is 12.3. The van der Waals surface area contributed by atoms with Gasteiger partial charge >= 0.3 is 5.97 Å². The minimum absolute atomic E-state index is 0.437. The lowest BCUT2D eigenvalue weighted by atomic mass is 9.96. The molecule has 0 bridgehead atoms. The first kappa shape index (κ1) is 15.5. The summed E-state index contributed by atoms with van der Waals surface area (Å²) in [5, 5.41) is 14.6. The molecule has 0 radical (unpaired) electrons. The first-order chi connectivity index (χ1) is 11.1. The summed E-state index contributed by atoms with van der Waals surface area (Å²) in [6, 6.07) is 5.06. The van der Waals surface area contributed by atoms with Crippen molar-refractivity contribution in [3.8, 4) is 5.75 Å². The molecule has 0 fully saturated rings. The van der Waals surface area contributed by atoms with Crippen molar-refractivity contribution in [2.45, 2.75) is 13.0 Å². The van der Waals surface area contributed by atoms with E-state index in [9.17, 15) is 4.79 Å². The van der Waals surface area contributed by atoms with E-state index in [1.54, 1.807) is 18.7 Å². The number of tetrazole rings is 1. The molecule has 1 aliphatic heterocycles. The third-order valence-electron chi connectivity index (χ3n) is 3.61. The number of aromatic nitrogens is 4. The van der Waals surface area contributed by atoms with E-state index in [0.717, 1.165) is 10.0 Å². The zero-order valence-corrected chi connectivity index (χ0v) is 14.3. The molecule has 0 spiro atoms. The zero-order chi connectivity index (χ0) is 16.6. The van der Waals surface area contributed by atoms with E-state index >= 15 is 0 Å². The van der Waals surface area contributed by atoms with E-state index in [0.29, 0.717) is 23.0 Å². The number of esters is 1. The lowest BCUT2D eigenvalue weighted by Crippen LogP contribution is -2.29. The number of hydrogen-bond acceptors (Lipinski definition) is 7. The highest BCUT2D eigenvalue weighted by Crippen LogP contribution is 2.37. The second-order valence-electron chi connectivity index (χ2n) is 4.90. The summed E-state index contributed by atoms with van der Waals surface area (Å²) in [5.74, 6) is 0.722. The molecule has 3 rings (SSSR count). The van der Waals surface area contributed by atoms with Crippen LogP contribution in [0.1, 0.15) is 18.5 Å². The Balaban J connectivity index is 2.17. The molecule has 1 atom stereocenters. The van der Waals surface area contributed by atoms with E-state index in [1.165, 1.54) is 7.11 Å². The highest BCUT2D eigenvalue weighted by molar-refractivity contribution is 9.10. The van der Waals surface area contributed by atoms with Crippen molar-refractivity contribution in [1.82, 2.24) is 20.2 Å². The summed E-state index contributed by atoms with van der Waals surface area (Å²) < 4.78 is 12.5. The minimum Gasteiger partial charge on any atom is -0.496 e. The fraction of sp³-hybridized carbons (Fsp3) is 0.286. The van der Waals surface area contributed by atoms with Gasteiger partial charge in [-0.05, 0) is 51.0 Å². The van der Waals surface area contributed by atoms with Crippen LogP contribution in [-0.4, -0.2) is 40.4 Å².